The fourth-order valence-corrected chi connectivity index (χ4v) is 3.31. The Labute approximate surface area is 115 Å². The number of cyclic esters (lactones) is 2. The van der Waals surface area contributed by atoms with Crippen LogP contribution >= 0.6 is 0 Å². The molecule has 0 saturated carbocycles. The van der Waals surface area contributed by atoms with E-state index in [-0.39, 0.29) is 6.10 Å². The molecular formula is C15H13NO4. The number of hydrogen-bond donors (Lipinski definition) is 1. The summed E-state index contributed by atoms with van der Waals surface area (Å²) in [6, 6.07) is 9.68. The Morgan fingerprint density at radius 2 is 1.95 bits per heavy atom. The van der Waals surface area contributed by atoms with Gasteiger partial charge in [-0.05, 0) is 12.1 Å². The van der Waals surface area contributed by atoms with E-state index in [0.29, 0.717) is 6.54 Å². The molecule has 3 aliphatic rings. The molecule has 3 heterocycles. The highest BCUT2D eigenvalue weighted by Gasteiger charge is 2.66. The summed E-state index contributed by atoms with van der Waals surface area (Å²) in [6.07, 6.45) is 3.40. The van der Waals surface area contributed by atoms with Crippen molar-refractivity contribution in [3.05, 3.63) is 42.5 Å². The van der Waals surface area contributed by atoms with Gasteiger partial charge in [-0.25, -0.2) is 0 Å². The summed E-state index contributed by atoms with van der Waals surface area (Å²) in [4.78, 5) is 23.6. The maximum Gasteiger partial charge on any atom is 0.320 e. The van der Waals surface area contributed by atoms with Crippen molar-refractivity contribution in [1.29, 1.82) is 0 Å². The number of anilines is 1. The second-order valence-corrected chi connectivity index (χ2v) is 5.36. The molecule has 102 valence electrons. The van der Waals surface area contributed by atoms with Crippen LogP contribution in [0.3, 0.4) is 0 Å². The normalized spacial score (nSPS) is 37.1. The van der Waals surface area contributed by atoms with Gasteiger partial charge in [0.2, 0.25) is 0 Å². The van der Waals surface area contributed by atoms with Crippen LogP contribution in [0.5, 0.6) is 0 Å². The molecule has 2 fully saturated rings. The molecule has 1 N–H and O–H groups in total. The summed E-state index contributed by atoms with van der Waals surface area (Å²) >= 11 is 0. The fraction of sp³-hybridized carbons (Fsp3) is 0.333. The number of hydrogen-bond acceptors (Lipinski definition) is 5. The van der Waals surface area contributed by atoms with Crippen LogP contribution < -0.4 is 5.32 Å². The quantitative estimate of drug-likeness (QED) is 0.507. The number of ether oxygens (including phenoxy) is 2. The van der Waals surface area contributed by atoms with E-state index in [0.717, 1.165) is 5.69 Å². The van der Waals surface area contributed by atoms with Gasteiger partial charge in [0.15, 0.2) is 0 Å². The zero-order chi connectivity index (χ0) is 13.7. The molecule has 1 aromatic rings. The fourth-order valence-electron chi connectivity index (χ4n) is 3.31. The van der Waals surface area contributed by atoms with Gasteiger partial charge in [0.05, 0.1) is 6.10 Å². The molecule has 0 aromatic heterocycles. The minimum atomic E-state index is -0.769. The molecule has 0 amide bonds. The molecule has 0 aliphatic carbocycles. The lowest BCUT2D eigenvalue weighted by Crippen LogP contribution is -2.43. The Hall–Kier alpha value is -2.14. The topological polar surface area (TPSA) is 64.6 Å². The minimum Gasteiger partial charge on any atom is -0.393 e. The molecule has 2 saturated heterocycles. The van der Waals surface area contributed by atoms with E-state index in [9.17, 15) is 9.59 Å². The van der Waals surface area contributed by atoms with Crippen LogP contribution in [0.1, 0.15) is 0 Å². The third kappa shape index (κ3) is 1.47. The second kappa shape index (κ2) is 3.93. The summed E-state index contributed by atoms with van der Waals surface area (Å²) in [6.45, 7) is 0.438. The van der Waals surface area contributed by atoms with Gasteiger partial charge in [-0.1, -0.05) is 30.4 Å². The van der Waals surface area contributed by atoms with Crippen LogP contribution in [0, 0.1) is 11.8 Å². The average molecular weight is 271 g/mol. The molecule has 20 heavy (non-hydrogen) atoms. The van der Waals surface area contributed by atoms with Gasteiger partial charge >= 0.3 is 11.9 Å². The van der Waals surface area contributed by atoms with Gasteiger partial charge in [0.25, 0.3) is 0 Å². The highest BCUT2D eigenvalue weighted by atomic mass is 16.6. The number of benzene rings is 1. The molecule has 4 atom stereocenters. The molecule has 0 unspecified atom stereocenters. The lowest BCUT2D eigenvalue weighted by Gasteiger charge is -2.27. The Kier molecular flexibility index (Phi) is 2.29. The van der Waals surface area contributed by atoms with Crippen molar-refractivity contribution in [3.63, 3.8) is 0 Å². The monoisotopic (exact) mass is 271 g/mol. The molecule has 5 nitrogen and oxygen atoms in total. The summed E-state index contributed by atoms with van der Waals surface area (Å²) in [5.41, 5.74) is 0.178. The van der Waals surface area contributed by atoms with Gasteiger partial charge in [-0.2, -0.15) is 0 Å². The van der Waals surface area contributed by atoms with Crippen molar-refractivity contribution in [2.24, 2.45) is 11.8 Å². The number of carbonyl (C=O) groups excluding carboxylic acids is 2. The zero-order valence-electron chi connectivity index (χ0n) is 10.6. The molecule has 0 radical (unpaired) electrons. The van der Waals surface area contributed by atoms with E-state index in [2.05, 4.69) is 5.32 Å². The van der Waals surface area contributed by atoms with Gasteiger partial charge in [-0.3, -0.25) is 9.59 Å². The first-order valence-electron chi connectivity index (χ1n) is 6.61. The van der Waals surface area contributed by atoms with Crippen molar-refractivity contribution < 1.29 is 19.1 Å². The highest BCUT2D eigenvalue weighted by Crippen LogP contribution is 2.50. The standard InChI is InChI=1S/C15H13NO4/c17-13-11-10-6-7-15(20-10,12(11)14(18)19-13)8-16-9-4-2-1-3-5-9/h1-7,10-12,16H,8H2/t10-,11-,12+,15+/m1/s1. The van der Waals surface area contributed by atoms with E-state index in [1.165, 1.54) is 0 Å². The van der Waals surface area contributed by atoms with Crippen LogP contribution in [-0.4, -0.2) is 30.2 Å². The predicted octanol–water partition coefficient (Wildman–Crippen LogP) is 1.12. The van der Waals surface area contributed by atoms with E-state index < -0.39 is 29.4 Å². The molecular weight excluding hydrogens is 258 g/mol. The van der Waals surface area contributed by atoms with Gasteiger partial charge in [0, 0.05) is 12.2 Å². The van der Waals surface area contributed by atoms with Crippen LogP contribution in [-0.2, 0) is 19.1 Å². The first kappa shape index (κ1) is 11.7. The Balaban J connectivity index is 1.60. The number of esters is 2. The smallest absolute Gasteiger partial charge is 0.320 e. The van der Waals surface area contributed by atoms with E-state index >= 15 is 0 Å². The van der Waals surface area contributed by atoms with Crippen molar-refractivity contribution in [1.82, 2.24) is 0 Å². The Morgan fingerprint density at radius 3 is 2.75 bits per heavy atom. The van der Waals surface area contributed by atoms with Gasteiger partial charge < -0.3 is 14.8 Å². The van der Waals surface area contributed by atoms with Crippen molar-refractivity contribution in [2.75, 3.05) is 11.9 Å². The summed E-state index contributed by atoms with van der Waals surface area (Å²) in [5, 5.41) is 3.26. The largest absolute Gasteiger partial charge is 0.393 e. The van der Waals surface area contributed by atoms with E-state index in [1.54, 1.807) is 0 Å². The molecule has 0 spiro atoms. The van der Waals surface area contributed by atoms with E-state index in [4.69, 9.17) is 9.47 Å². The number of rotatable bonds is 3. The number of para-hydroxylation sites is 1. The second-order valence-electron chi connectivity index (χ2n) is 5.36. The maximum atomic E-state index is 11.9. The van der Waals surface area contributed by atoms with Crippen molar-refractivity contribution >= 4 is 17.6 Å². The SMILES string of the molecule is O=C1OC(=O)[C@@H]2[C@H]1[C@H]1C=C[C@@]2(CNc2ccccc2)O1. The summed E-state index contributed by atoms with van der Waals surface area (Å²) in [7, 11) is 0. The Morgan fingerprint density at radius 1 is 1.15 bits per heavy atom. The maximum absolute atomic E-state index is 11.9. The third-order valence-electron chi connectivity index (χ3n) is 4.23. The number of carbonyl (C=O) groups is 2. The summed E-state index contributed by atoms with van der Waals surface area (Å²) in [5.74, 6) is -1.94. The lowest BCUT2D eigenvalue weighted by molar-refractivity contribution is -0.158. The first-order valence-corrected chi connectivity index (χ1v) is 6.61. The highest BCUT2D eigenvalue weighted by molar-refractivity contribution is 5.99. The van der Waals surface area contributed by atoms with E-state index in [1.807, 2.05) is 42.5 Å². The lowest BCUT2D eigenvalue weighted by atomic mass is 9.77. The molecule has 1 aromatic carbocycles. The predicted molar refractivity (Wildman–Crippen MR) is 69.8 cm³/mol. The minimum absolute atomic E-state index is 0.337. The van der Waals surface area contributed by atoms with Crippen molar-refractivity contribution in [3.8, 4) is 0 Å². The molecule has 3 aliphatic heterocycles. The van der Waals surface area contributed by atoms with Gasteiger partial charge in [0.1, 0.15) is 17.4 Å². The Bertz CT molecular complexity index is 612. The first-order chi connectivity index (χ1) is 9.70. The van der Waals surface area contributed by atoms with Crippen LogP contribution in [0.25, 0.3) is 0 Å². The molecule has 2 bridgehead atoms. The number of nitrogens with one attached hydrogen (secondary N) is 1. The van der Waals surface area contributed by atoms with Gasteiger partial charge in [-0.15, -0.1) is 0 Å². The number of fused-ring (bicyclic) bond motifs is 5. The van der Waals surface area contributed by atoms with Crippen molar-refractivity contribution in [2.45, 2.75) is 11.7 Å². The van der Waals surface area contributed by atoms with Crippen LogP contribution in [0.15, 0.2) is 42.5 Å². The third-order valence-corrected chi connectivity index (χ3v) is 4.23. The zero-order valence-corrected chi connectivity index (χ0v) is 10.6. The molecule has 4 rings (SSSR count). The average Bonchev–Trinajstić information content (AvgIpc) is 3.10. The van der Waals surface area contributed by atoms with Crippen LogP contribution in [0.4, 0.5) is 5.69 Å². The van der Waals surface area contributed by atoms with Crippen LogP contribution in [0.2, 0.25) is 0 Å². The summed E-state index contributed by atoms with van der Waals surface area (Å²) < 4.78 is 10.7. The molecule has 5 heteroatoms.